The maximum Gasteiger partial charge on any atom is 0.262 e. The lowest BCUT2D eigenvalue weighted by Gasteiger charge is -2.19. The highest BCUT2D eigenvalue weighted by molar-refractivity contribution is 5.95. The summed E-state index contributed by atoms with van der Waals surface area (Å²) in [5, 5.41) is 6.14. The van der Waals surface area contributed by atoms with Gasteiger partial charge in [0.05, 0.1) is 18.5 Å². The standard InChI is InChI=1S/C21H19N3O4/c1-26-15-5-7-16(8-6-15)28-21-17(3-2-10-22-21)23-12-14-4-9-19-18(11-14)24-20(25)13-27-19/h2-11,23H,12-13H2,1H3,(H,24,25). The molecule has 0 unspecified atom stereocenters. The summed E-state index contributed by atoms with van der Waals surface area (Å²) in [6.07, 6.45) is 1.68. The van der Waals surface area contributed by atoms with E-state index in [1.807, 2.05) is 54.6 Å². The number of hydrogen-bond acceptors (Lipinski definition) is 6. The number of hydrogen-bond donors (Lipinski definition) is 2. The molecule has 0 spiro atoms. The molecule has 7 nitrogen and oxygen atoms in total. The van der Waals surface area contributed by atoms with Gasteiger partial charge in [-0.05, 0) is 54.1 Å². The minimum atomic E-state index is -0.153. The molecule has 0 bridgehead atoms. The van der Waals surface area contributed by atoms with E-state index >= 15 is 0 Å². The molecule has 0 aliphatic carbocycles. The van der Waals surface area contributed by atoms with Crippen LogP contribution < -0.4 is 24.8 Å². The number of carbonyl (C=O) groups is 1. The molecule has 4 rings (SSSR count). The predicted molar refractivity (Wildman–Crippen MR) is 105 cm³/mol. The van der Waals surface area contributed by atoms with E-state index in [0.717, 1.165) is 17.0 Å². The lowest BCUT2D eigenvalue weighted by Crippen LogP contribution is -2.25. The summed E-state index contributed by atoms with van der Waals surface area (Å²) in [4.78, 5) is 15.8. The third-order valence-corrected chi connectivity index (χ3v) is 4.20. The summed E-state index contributed by atoms with van der Waals surface area (Å²) < 4.78 is 16.4. The van der Waals surface area contributed by atoms with E-state index < -0.39 is 0 Å². The van der Waals surface area contributed by atoms with Crippen molar-refractivity contribution in [3.63, 3.8) is 0 Å². The quantitative estimate of drug-likeness (QED) is 0.680. The Hall–Kier alpha value is -3.74. The van der Waals surface area contributed by atoms with Gasteiger partial charge in [0.2, 0.25) is 5.88 Å². The smallest absolute Gasteiger partial charge is 0.262 e. The maximum absolute atomic E-state index is 11.5. The summed E-state index contributed by atoms with van der Waals surface area (Å²) >= 11 is 0. The zero-order chi connectivity index (χ0) is 19.3. The van der Waals surface area contributed by atoms with E-state index in [0.29, 0.717) is 29.6 Å². The van der Waals surface area contributed by atoms with E-state index in [4.69, 9.17) is 14.2 Å². The first-order valence-electron chi connectivity index (χ1n) is 8.77. The second-order valence-corrected chi connectivity index (χ2v) is 6.15. The van der Waals surface area contributed by atoms with E-state index in [-0.39, 0.29) is 12.5 Å². The van der Waals surface area contributed by atoms with Crippen LogP contribution in [0, 0.1) is 0 Å². The monoisotopic (exact) mass is 377 g/mol. The van der Waals surface area contributed by atoms with Crippen molar-refractivity contribution in [1.82, 2.24) is 4.98 Å². The zero-order valence-corrected chi connectivity index (χ0v) is 15.3. The largest absolute Gasteiger partial charge is 0.497 e. The highest BCUT2D eigenvalue weighted by Crippen LogP contribution is 2.31. The molecule has 2 heterocycles. The second kappa shape index (κ2) is 7.87. The van der Waals surface area contributed by atoms with Crippen molar-refractivity contribution in [2.75, 3.05) is 24.4 Å². The fourth-order valence-corrected chi connectivity index (χ4v) is 2.80. The summed E-state index contributed by atoms with van der Waals surface area (Å²) in [7, 11) is 1.62. The van der Waals surface area contributed by atoms with Crippen LogP contribution in [0.2, 0.25) is 0 Å². The minimum absolute atomic E-state index is 0.0480. The third kappa shape index (κ3) is 3.98. The fourth-order valence-electron chi connectivity index (χ4n) is 2.80. The molecule has 0 fully saturated rings. The van der Waals surface area contributed by atoms with Crippen molar-refractivity contribution in [2.45, 2.75) is 6.54 Å². The molecular formula is C21H19N3O4. The Morgan fingerprint density at radius 3 is 2.79 bits per heavy atom. The molecular weight excluding hydrogens is 358 g/mol. The first kappa shape index (κ1) is 17.7. The molecule has 0 saturated heterocycles. The predicted octanol–water partition coefficient (Wildman–Crippen LogP) is 3.83. The van der Waals surface area contributed by atoms with Crippen LogP contribution in [0.4, 0.5) is 11.4 Å². The molecule has 0 saturated carbocycles. The van der Waals surface area contributed by atoms with E-state index in [1.54, 1.807) is 13.3 Å². The normalized spacial score (nSPS) is 12.4. The van der Waals surface area contributed by atoms with Crippen LogP contribution in [0.15, 0.2) is 60.8 Å². The minimum Gasteiger partial charge on any atom is -0.497 e. The molecule has 142 valence electrons. The number of anilines is 2. The van der Waals surface area contributed by atoms with E-state index in [2.05, 4.69) is 15.6 Å². The number of carbonyl (C=O) groups excluding carboxylic acids is 1. The number of amides is 1. The van der Waals surface area contributed by atoms with Gasteiger partial charge in [0, 0.05) is 12.7 Å². The van der Waals surface area contributed by atoms with Gasteiger partial charge >= 0.3 is 0 Å². The number of ether oxygens (including phenoxy) is 3. The average molecular weight is 377 g/mol. The van der Waals surface area contributed by atoms with Crippen LogP contribution >= 0.6 is 0 Å². The van der Waals surface area contributed by atoms with Crippen LogP contribution in [-0.2, 0) is 11.3 Å². The molecule has 1 aliphatic rings. The lowest BCUT2D eigenvalue weighted by atomic mass is 10.1. The highest BCUT2D eigenvalue weighted by Gasteiger charge is 2.16. The first-order chi connectivity index (χ1) is 13.7. The lowest BCUT2D eigenvalue weighted by molar-refractivity contribution is -0.118. The fraction of sp³-hybridized carbons (Fsp3) is 0.143. The number of fused-ring (bicyclic) bond motifs is 1. The van der Waals surface area contributed by atoms with Gasteiger partial charge in [-0.25, -0.2) is 4.98 Å². The molecule has 0 radical (unpaired) electrons. The molecule has 1 amide bonds. The van der Waals surface area contributed by atoms with Gasteiger partial charge in [0.1, 0.15) is 17.2 Å². The van der Waals surface area contributed by atoms with E-state index in [9.17, 15) is 4.79 Å². The topological polar surface area (TPSA) is 81.7 Å². The zero-order valence-electron chi connectivity index (χ0n) is 15.3. The molecule has 28 heavy (non-hydrogen) atoms. The van der Waals surface area contributed by atoms with Crippen molar-refractivity contribution in [2.24, 2.45) is 0 Å². The first-order valence-corrected chi connectivity index (χ1v) is 8.77. The average Bonchev–Trinajstić information content (AvgIpc) is 2.73. The Morgan fingerprint density at radius 1 is 1.14 bits per heavy atom. The Balaban J connectivity index is 1.46. The number of benzene rings is 2. The van der Waals surface area contributed by atoms with Crippen molar-refractivity contribution in [3.05, 3.63) is 66.4 Å². The number of aromatic nitrogens is 1. The number of pyridine rings is 1. The van der Waals surface area contributed by atoms with Crippen LogP contribution in [0.3, 0.4) is 0 Å². The third-order valence-electron chi connectivity index (χ3n) is 4.20. The van der Waals surface area contributed by atoms with Gasteiger partial charge in [-0.2, -0.15) is 0 Å². The Morgan fingerprint density at radius 2 is 1.96 bits per heavy atom. The molecule has 1 aromatic heterocycles. The van der Waals surface area contributed by atoms with Crippen LogP contribution in [0.25, 0.3) is 0 Å². The van der Waals surface area contributed by atoms with E-state index in [1.165, 1.54) is 0 Å². The Labute approximate surface area is 162 Å². The van der Waals surface area contributed by atoms with Gasteiger partial charge < -0.3 is 24.8 Å². The van der Waals surface area contributed by atoms with Gasteiger partial charge in [0.15, 0.2) is 6.61 Å². The van der Waals surface area contributed by atoms with Crippen LogP contribution in [0.5, 0.6) is 23.1 Å². The molecule has 7 heteroatoms. The number of nitrogens with one attached hydrogen (secondary N) is 2. The highest BCUT2D eigenvalue weighted by atomic mass is 16.5. The summed E-state index contributed by atoms with van der Waals surface area (Å²) in [6.45, 7) is 0.583. The molecule has 2 aromatic carbocycles. The second-order valence-electron chi connectivity index (χ2n) is 6.15. The number of methoxy groups -OCH3 is 1. The van der Waals surface area contributed by atoms with Gasteiger partial charge in [0.25, 0.3) is 5.91 Å². The number of nitrogens with zero attached hydrogens (tertiary/aromatic N) is 1. The number of rotatable bonds is 6. The summed E-state index contributed by atoms with van der Waals surface area (Å²) in [6, 6.07) is 16.7. The van der Waals surface area contributed by atoms with Crippen LogP contribution in [0.1, 0.15) is 5.56 Å². The maximum atomic E-state index is 11.5. The molecule has 3 aromatic rings. The van der Waals surface area contributed by atoms with Crippen molar-refractivity contribution >= 4 is 17.3 Å². The summed E-state index contributed by atoms with van der Waals surface area (Å²) in [5.74, 6) is 2.42. The van der Waals surface area contributed by atoms with Gasteiger partial charge in [-0.3, -0.25) is 4.79 Å². The van der Waals surface area contributed by atoms with Crippen LogP contribution in [-0.4, -0.2) is 24.6 Å². The SMILES string of the molecule is COc1ccc(Oc2ncccc2NCc2ccc3c(c2)NC(=O)CO3)cc1. The van der Waals surface area contributed by atoms with Crippen molar-refractivity contribution in [3.8, 4) is 23.1 Å². The summed E-state index contributed by atoms with van der Waals surface area (Å²) in [5.41, 5.74) is 2.43. The molecule has 0 atom stereocenters. The molecule has 2 N–H and O–H groups in total. The Kier molecular flexibility index (Phi) is 4.97. The van der Waals surface area contributed by atoms with Crippen molar-refractivity contribution < 1.29 is 19.0 Å². The molecule has 1 aliphatic heterocycles. The van der Waals surface area contributed by atoms with Gasteiger partial charge in [-0.1, -0.05) is 6.07 Å². The van der Waals surface area contributed by atoms with Gasteiger partial charge in [-0.15, -0.1) is 0 Å². The van der Waals surface area contributed by atoms with Crippen molar-refractivity contribution in [1.29, 1.82) is 0 Å². The Bertz CT molecular complexity index is 989.